The van der Waals surface area contributed by atoms with Gasteiger partial charge in [-0.3, -0.25) is 9.69 Å². The van der Waals surface area contributed by atoms with Crippen molar-refractivity contribution in [3.8, 4) is 28.4 Å². The third-order valence-corrected chi connectivity index (χ3v) is 5.58. The second kappa shape index (κ2) is 6.62. The zero-order valence-corrected chi connectivity index (χ0v) is 16.8. The van der Waals surface area contributed by atoms with Gasteiger partial charge >= 0.3 is 0 Å². The van der Waals surface area contributed by atoms with E-state index < -0.39 is 5.54 Å². The second-order valence-electron chi connectivity index (χ2n) is 7.31. The molecule has 2 aliphatic heterocycles. The highest BCUT2D eigenvalue weighted by molar-refractivity contribution is 6.10. The molecule has 0 aromatic heterocycles. The van der Waals surface area contributed by atoms with Crippen LogP contribution in [0.1, 0.15) is 18.1 Å². The van der Waals surface area contributed by atoms with Crippen LogP contribution >= 0.6 is 0 Å². The summed E-state index contributed by atoms with van der Waals surface area (Å²) in [5, 5.41) is 0. The molecule has 1 spiro atoms. The first kappa shape index (κ1) is 18.2. The number of amides is 1. The summed E-state index contributed by atoms with van der Waals surface area (Å²) in [6, 6.07) is 21.1. The van der Waals surface area contributed by atoms with Gasteiger partial charge in [-0.25, -0.2) is 4.99 Å². The fourth-order valence-electron chi connectivity index (χ4n) is 4.12. The van der Waals surface area contributed by atoms with Crippen molar-refractivity contribution in [2.75, 3.05) is 13.7 Å². The predicted molar refractivity (Wildman–Crippen MR) is 115 cm³/mol. The molecule has 1 unspecified atom stereocenters. The number of hydrogen-bond donors (Lipinski definition) is 1. The van der Waals surface area contributed by atoms with Gasteiger partial charge in [0, 0.05) is 18.2 Å². The normalized spacial score (nSPS) is 19.2. The van der Waals surface area contributed by atoms with Crippen LogP contribution in [0.2, 0.25) is 0 Å². The first-order valence-electron chi connectivity index (χ1n) is 9.83. The average Bonchev–Trinajstić information content (AvgIpc) is 2.99. The Morgan fingerprint density at radius 3 is 2.53 bits per heavy atom. The number of carbonyl (C=O) groups is 1. The highest BCUT2D eigenvalue weighted by Crippen LogP contribution is 2.52. The van der Waals surface area contributed by atoms with Crippen molar-refractivity contribution in [1.29, 1.82) is 0 Å². The fourth-order valence-corrected chi connectivity index (χ4v) is 4.12. The van der Waals surface area contributed by atoms with E-state index in [4.69, 9.17) is 15.2 Å². The molecule has 6 nitrogen and oxygen atoms in total. The Balaban J connectivity index is 1.73. The Bertz CT molecular complexity index is 1200. The number of rotatable bonds is 3. The van der Waals surface area contributed by atoms with Gasteiger partial charge in [0.2, 0.25) is 5.54 Å². The van der Waals surface area contributed by atoms with E-state index in [1.807, 2.05) is 73.7 Å². The number of aliphatic imine (C=N–C) groups is 1. The van der Waals surface area contributed by atoms with Crippen molar-refractivity contribution in [3.63, 3.8) is 0 Å². The summed E-state index contributed by atoms with van der Waals surface area (Å²) in [6.07, 6.45) is 0. The molecule has 0 aliphatic carbocycles. The standard InChI is InChI=1S/C24H21N3O3/c1-3-29-17-8-6-7-15(13-17)16-11-12-21-19(14-16)24(22(28)27(2)23(25)26-24)18-9-4-5-10-20(18)30-21/h4-14H,3H2,1-2H3,(H2,25,26). The minimum atomic E-state index is -1.25. The summed E-state index contributed by atoms with van der Waals surface area (Å²) < 4.78 is 11.8. The minimum absolute atomic E-state index is 0.186. The fraction of sp³-hybridized carbons (Fsp3) is 0.167. The third kappa shape index (κ3) is 2.50. The lowest BCUT2D eigenvalue weighted by Gasteiger charge is -2.33. The molecule has 0 fully saturated rings. The molecule has 2 N–H and O–H groups in total. The van der Waals surface area contributed by atoms with Crippen LogP contribution in [0.15, 0.2) is 71.7 Å². The molecular weight excluding hydrogens is 378 g/mol. The van der Waals surface area contributed by atoms with Crippen molar-refractivity contribution in [1.82, 2.24) is 4.90 Å². The Morgan fingerprint density at radius 2 is 1.77 bits per heavy atom. The largest absolute Gasteiger partial charge is 0.494 e. The molecule has 5 rings (SSSR count). The summed E-state index contributed by atoms with van der Waals surface area (Å²) in [5.41, 5.74) is 8.12. The first-order chi connectivity index (χ1) is 14.5. The van der Waals surface area contributed by atoms with Gasteiger partial charge < -0.3 is 15.2 Å². The monoisotopic (exact) mass is 399 g/mol. The van der Waals surface area contributed by atoms with Gasteiger partial charge in [0.25, 0.3) is 5.91 Å². The Morgan fingerprint density at radius 1 is 1.00 bits per heavy atom. The summed E-state index contributed by atoms with van der Waals surface area (Å²) >= 11 is 0. The van der Waals surface area contributed by atoms with Crippen molar-refractivity contribution < 1.29 is 14.3 Å². The number of benzene rings is 3. The number of carbonyl (C=O) groups excluding carboxylic acids is 1. The molecule has 0 radical (unpaired) electrons. The highest BCUT2D eigenvalue weighted by atomic mass is 16.5. The van der Waals surface area contributed by atoms with E-state index in [2.05, 4.69) is 4.99 Å². The number of nitrogens with zero attached hydrogens (tertiary/aromatic N) is 2. The second-order valence-corrected chi connectivity index (χ2v) is 7.31. The van der Waals surface area contributed by atoms with Gasteiger partial charge in [-0.15, -0.1) is 0 Å². The van der Waals surface area contributed by atoms with Crippen LogP contribution in [-0.2, 0) is 10.3 Å². The third-order valence-electron chi connectivity index (χ3n) is 5.58. The van der Waals surface area contributed by atoms with Crippen molar-refractivity contribution in [2.24, 2.45) is 10.7 Å². The Hall–Kier alpha value is -3.80. The summed E-state index contributed by atoms with van der Waals surface area (Å²) in [7, 11) is 1.64. The van der Waals surface area contributed by atoms with Gasteiger partial charge in [-0.05, 0) is 48.4 Å². The lowest BCUT2D eigenvalue weighted by atomic mass is 9.79. The van der Waals surface area contributed by atoms with Crippen LogP contribution in [0.5, 0.6) is 17.2 Å². The molecule has 0 bridgehead atoms. The van der Waals surface area contributed by atoms with E-state index >= 15 is 0 Å². The SMILES string of the molecule is CCOc1cccc(-c2ccc3c(c2)C2(N=C(N)N(C)C2=O)c2ccccc2O3)c1. The number of ether oxygens (including phenoxy) is 2. The summed E-state index contributed by atoms with van der Waals surface area (Å²) in [5.74, 6) is 1.99. The molecule has 0 saturated carbocycles. The van der Waals surface area contributed by atoms with Gasteiger partial charge in [0.05, 0.1) is 6.61 Å². The van der Waals surface area contributed by atoms with E-state index in [9.17, 15) is 4.79 Å². The molecule has 2 aliphatic rings. The maximum atomic E-state index is 13.5. The zero-order chi connectivity index (χ0) is 20.9. The van der Waals surface area contributed by atoms with Crippen LogP contribution in [0, 0.1) is 0 Å². The van der Waals surface area contributed by atoms with Crippen molar-refractivity contribution >= 4 is 11.9 Å². The molecule has 2 heterocycles. The molecule has 3 aromatic carbocycles. The van der Waals surface area contributed by atoms with Crippen LogP contribution in [0.25, 0.3) is 11.1 Å². The van der Waals surface area contributed by atoms with Crippen molar-refractivity contribution in [3.05, 3.63) is 77.9 Å². The summed E-state index contributed by atoms with van der Waals surface area (Å²) in [6.45, 7) is 2.55. The van der Waals surface area contributed by atoms with Crippen molar-refractivity contribution in [2.45, 2.75) is 12.5 Å². The molecule has 150 valence electrons. The summed E-state index contributed by atoms with van der Waals surface area (Å²) in [4.78, 5) is 19.5. The first-order valence-corrected chi connectivity index (χ1v) is 9.83. The van der Waals surface area contributed by atoms with Gasteiger partial charge in [0.1, 0.15) is 17.2 Å². The van der Waals surface area contributed by atoms with Crippen LogP contribution in [0.4, 0.5) is 0 Å². The maximum Gasteiger partial charge on any atom is 0.266 e. The van der Waals surface area contributed by atoms with Crippen LogP contribution in [0.3, 0.4) is 0 Å². The van der Waals surface area contributed by atoms with E-state index in [0.29, 0.717) is 29.2 Å². The zero-order valence-electron chi connectivity index (χ0n) is 16.8. The molecule has 1 atom stereocenters. The number of nitrogens with two attached hydrogens (primary N) is 1. The van der Waals surface area contributed by atoms with Crippen LogP contribution in [-0.4, -0.2) is 30.4 Å². The quantitative estimate of drug-likeness (QED) is 0.725. The number of likely N-dealkylation sites (N-methyl/N-ethyl adjacent to an activating group) is 1. The average molecular weight is 399 g/mol. The maximum absolute atomic E-state index is 13.5. The van der Waals surface area contributed by atoms with Gasteiger partial charge in [0.15, 0.2) is 5.96 Å². The topological polar surface area (TPSA) is 77.2 Å². The highest BCUT2D eigenvalue weighted by Gasteiger charge is 2.54. The minimum Gasteiger partial charge on any atom is -0.494 e. The Labute approximate surface area is 174 Å². The van der Waals surface area contributed by atoms with Gasteiger partial charge in [-0.1, -0.05) is 36.4 Å². The molecule has 6 heteroatoms. The number of fused-ring (bicyclic) bond motifs is 4. The van der Waals surface area contributed by atoms with Gasteiger partial charge in [-0.2, -0.15) is 0 Å². The molecular formula is C24H21N3O3. The van der Waals surface area contributed by atoms with E-state index in [1.54, 1.807) is 7.05 Å². The molecule has 3 aromatic rings. The molecule has 30 heavy (non-hydrogen) atoms. The van der Waals surface area contributed by atoms with Crippen LogP contribution < -0.4 is 15.2 Å². The number of guanidine groups is 1. The lowest BCUT2D eigenvalue weighted by Crippen LogP contribution is -2.42. The smallest absolute Gasteiger partial charge is 0.266 e. The molecule has 0 saturated heterocycles. The lowest BCUT2D eigenvalue weighted by molar-refractivity contribution is -0.129. The van der Waals surface area contributed by atoms with E-state index in [0.717, 1.165) is 16.9 Å². The molecule has 1 amide bonds. The van der Waals surface area contributed by atoms with E-state index in [-0.39, 0.29) is 11.9 Å². The number of hydrogen-bond acceptors (Lipinski definition) is 5. The Kier molecular flexibility index (Phi) is 4.03. The van der Waals surface area contributed by atoms with E-state index in [1.165, 1.54) is 4.90 Å². The predicted octanol–water partition coefficient (Wildman–Crippen LogP) is 3.89. The number of para-hydroxylation sites is 1.